The Kier molecular flexibility index (Phi) is 6.16. The number of oxime groups is 1. The third-order valence-electron chi connectivity index (χ3n) is 4.20. The van der Waals surface area contributed by atoms with Gasteiger partial charge >= 0.3 is 5.97 Å². The van der Waals surface area contributed by atoms with Crippen LogP contribution in [0.15, 0.2) is 29.4 Å². The number of likely N-dealkylation sites (tertiary alicyclic amines) is 1. The van der Waals surface area contributed by atoms with Crippen molar-refractivity contribution in [2.24, 2.45) is 11.1 Å². The van der Waals surface area contributed by atoms with E-state index in [0.29, 0.717) is 24.1 Å². The molecule has 5 nitrogen and oxygen atoms in total. The molecule has 1 aliphatic heterocycles. The largest absolute Gasteiger partial charge is 0.494 e. The minimum Gasteiger partial charge on any atom is -0.494 e. The van der Waals surface area contributed by atoms with Crippen LogP contribution in [0.2, 0.25) is 0 Å². The maximum atomic E-state index is 12.1. The molecule has 0 N–H and O–H groups in total. The first-order valence-electron chi connectivity index (χ1n) is 8.22. The average Bonchev–Trinajstić information content (AvgIpc) is 2.55. The van der Waals surface area contributed by atoms with Crippen LogP contribution in [0.5, 0.6) is 5.75 Å². The highest BCUT2D eigenvalue weighted by Crippen LogP contribution is 2.19. The lowest BCUT2D eigenvalue weighted by atomic mass is 9.93. The minimum absolute atomic E-state index is 0.300. The molecule has 0 bridgehead atoms. The minimum atomic E-state index is -0.432. The van der Waals surface area contributed by atoms with Crippen molar-refractivity contribution in [3.05, 3.63) is 29.8 Å². The fourth-order valence-corrected chi connectivity index (χ4v) is 2.56. The molecule has 2 unspecified atom stereocenters. The number of carbonyl (C=O) groups excluding carboxylic acids is 1. The van der Waals surface area contributed by atoms with Crippen molar-refractivity contribution >= 4 is 11.7 Å². The van der Waals surface area contributed by atoms with Crippen LogP contribution in [0.3, 0.4) is 0 Å². The first-order valence-corrected chi connectivity index (χ1v) is 8.22. The third-order valence-corrected chi connectivity index (χ3v) is 4.20. The summed E-state index contributed by atoms with van der Waals surface area (Å²) < 4.78 is 5.50. The number of rotatable bonds is 5. The lowest BCUT2D eigenvalue weighted by Gasteiger charge is -2.34. The Balaban J connectivity index is 1.95. The molecule has 1 aromatic rings. The van der Waals surface area contributed by atoms with Gasteiger partial charge in [-0.25, -0.2) is 4.79 Å². The second-order valence-corrected chi connectivity index (χ2v) is 6.23. The third kappa shape index (κ3) is 4.79. The van der Waals surface area contributed by atoms with Crippen molar-refractivity contribution in [1.82, 2.24) is 4.90 Å². The van der Waals surface area contributed by atoms with Gasteiger partial charge in [-0.05, 0) is 44.7 Å². The molecule has 1 heterocycles. The maximum Gasteiger partial charge on any atom is 0.365 e. The lowest BCUT2D eigenvalue weighted by molar-refractivity contribution is 0.0508. The van der Waals surface area contributed by atoms with Gasteiger partial charge < -0.3 is 14.5 Å². The molecule has 126 valence electrons. The zero-order chi connectivity index (χ0) is 16.8. The van der Waals surface area contributed by atoms with Gasteiger partial charge in [0.05, 0.1) is 17.9 Å². The Morgan fingerprint density at radius 3 is 2.65 bits per heavy atom. The number of nitrogens with zero attached hydrogens (tertiary/aromatic N) is 2. The molecule has 2 atom stereocenters. The Bertz CT molecular complexity index is 554. The van der Waals surface area contributed by atoms with Crippen LogP contribution in [0.1, 0.15) is 44.0 Å². The number of ether oxygens (including phenoxy) is 1. The van der Waals surface area contributed by atoms with Crippen LogP contribution in [0.25, 0.3) is 0 Å². The van der Waals surface area contributed by atoms with E-state index in [1.54, 1.807) is 24.3 Å². The standard InChI is InChI=1S/C18H26N2O3/c1-5-10-22-16-8-6-15(7-9-16)18(21)23-19-17-11-14(3)20(4)12-13(17)2/h6-9,13-14H,5,10-12H2,1-4H3/b19-17-. The van der Waals surface area contributed by atoms with Crippen molar-refractivity contribution in [2.45, 2.75) is 39.7 Å². The average molecular weight is 318 g/mol. The molecular formula is C18H26N2O3. The van der Waals surface area contributed by atoms with E-state index >= 15 is 0 Å². The number of hydrogen-bond acceptors (Lipinski definition) is 5. The maximum absolute atomic E-state index is 12.1. The monoisotopic (exact) mass is 318 g/mol. The molecule has 0 aliphatic carbocycles. The highest BCUT2D eigenvalue weighted by molar-refractivity contribution is 5.92. The molecule has 0 spiro atoms. The summed E-state index contributed by atoms with van der Waals surface area (Å²) in [7, 11) is 2.10. The first kappa shape index (κ1) is 17.5. The highest BCUT2D eigenvalue weighted by Gasteiger charge is 2.26. The Morgan fingerprint density at radius 1 is 1.30 bits per heavy atom. The van der Waals surface area contributed by atoms with E-state index in [1.807, 2.05) is 0 Å². The van der Waals surface area contributed by atoms with Crippen molar-refractivity contribution in [3.8, 4) is 5.75 Å². The number of piperidine rings is 1. The second kappa shape index (κ2) is 8.11. The van der Waals surface area contributed by atoms with Gasteiger partial charge in [-0.2, -0.15) is 0 Å². The molecule has 0 aromatic heterocycles. The van der Waals surface area contributed by atoms with Crippen LogP contribution >= 0.6 is 0 Å². The first-order chi connectivity index (χ1) is 11.0. The van der Waals surface area contributed by atoms with Gasteiger partial charge in [-0.15, -0.1) is 0 Å². The van der Waals surface area contributed by atoms with Crippen LogP contribution in [0.4, 0.5) is 0 Å². The van der Waals surface area contributed by atoms with E-state index in [4.69, 9.17) is 9.57 Å². The topological polar surface area (TPSA) is 51.1 Å². The molecular weight excluding hydrogens is 292 g/mol. The number of benzene rings is 1. The summed E-state index contributed by atoms with van der Waals surface area (Å²) >= 11 is 0. The van der Waals surface area contributed by atoms with Gasteiger partial charge in [0.1, 0.15) is 5.75 Å². The SMILES string of the molecule is CCCOc1ccc(C(=O)O/N=C2/CC(C)N(C)CC2C)cc1. The second-order valence-electron chi connectivity index (χ2n) is 6.23. The fourth-order valence-electron chi connectivity index (χ4n) is 2.56. The van der Waals surface area contributed by atoms with Crippen LogP contribution in [-0.2, 0) is 4.84 Å². The molecule has 5 heteroatoms. The predicted octanol–water partition coefficient (Wildman–Crippen LogP) is 3.35. The highest BCUT2D eigenvalue weighted by atomic mass is 16.7. The normalized spacial score (nSPS) is 23.7. The van der Waals surface area contributed by atoms with Gasteiger partial charge in [0.15, 0.2) is 0 Å². The summed E-state index contributed by atoms with van der Waals surface area (Å²) in [5.74, 6) is 0.625. The van der Waals surface area contributed by atoms with Gasteiger partial charge in [-0.1, -0.05) is 19.0 Å². The van der Waals surface area contributed by atoms with E-state index in [2.05, 4.69) is 37.9 Å². The smallest absolute Gasteiger partial charge is 0.365 e. The van der Waals surface area contributed by atoms with Crippen LogP contribution in [0, 0.1) is 5.92 Å². The van der Waals surface area contributed by atoms with E-state index in [-0.39, 0.29) is 0 Å². The van der Waals surface area contributed by atoms with E-state index in [9.17, 15) is 4.79 Å². The number of carbonyl (C=O) groups is 1. The molecule has 23 heavy (non-hydrogen) atoms. The van der Waals surface area contributed by atoms with E-state index < -0.39 is 5.97 Å². The molecule has 0 saturated carbocycles. The zero-order valence-electron chi connectivity index (χ0n) is 14.4. The van der Waals surface area contributed by atoms with E-state index in [0.717, 1.165) is 30.8 Å². The summed E-state index contributed by atoms with van der Waals surface area (Å²) in [6.45, 7) is 7.91. The van der Waals surface area contributed by atoms with E-state index in [1.165, 1.54) is 0 Å². The number of hydrogen-bond donors (Lipinski definition) is 0. The molecule has 1 aromatic carbocycles. The predicted molar refractivity (Wildman–Crippen MR) is 91.0 cm³/mol. The molecule has 1 fully saturated rings. The van der Waals surface area contributed by atoms with Crippen molar-refractivity contribution < 1.29 is 14.4 Å². The fraction of sp³-hybridized carbons (Fsp3) is 0.556. The van der Waals surface area contributed by atoms with Gasteiger partial charge in [0.25, 0.3) is 0 Å². The summed E-state index contributed by atoms with van der Waals surface area (Å²) in [5, 5.41) is 4.11. The Morgan fingerprint density at radius 2 is 2.00 bits per heavy atom. The summed E-state index contributed by atoms with van der Waals surface area (Å²) in [4.78, 5) is 19.5. The Hall–Kier alpha value is -1.88. The van der Waals surface area contributed by atoms with Gasteiger partial charge in [0, 0.05) is 24.9 Å². The quantitative estimate of drug-likeness (QED) is 0.617. The molecule has 0 radical (unpaired) electrons. The molecule has 1 saturated heterocycles. The molecule has 1 aliphatic rings. The summed E-state index contributed by atoms with van der Waals surface area (Å²) in [5.41, 5.74) is 1.43. The van der Waals surface area contributed by atoms with Gasteiger partial charge in [0.2, 0.25) is 0 Å². The summed E-state index contributed by atoms with van der Waals surface area (Å²) in [6, 6.07) is 7.38. The van der Waals surface area contributed by atoms with Crippen molar-refractivity contribution in [3.63, 3.8) is 0 Å². The lowest BCUT2D eigenvalue weighted by Crippen LogP contribution is -2.43. The van der Waals surface area contributed by atoms with Crippen LogP contribution in [-0.4, -0.2) is 42.8 Å². The Labute approximate surface area is 138 Å². The van der Waals surface area contributed by atoms with Gasteiger partial charge in [-0.3, -0.25) is 0 Å². The summed E-state index contributed by atoms with van der Waals surface area (Å²) in [6.07, 6.45) is 1.78. The zero-order valence-corrected chi connectivity index (χ0v) is 14.4. The van der Waals surface area contributed by atoms with Crippen molar-refractivity contribution in [2.75, 3.05) is 20.2 Å². The van der Waals surface area contributed by atoms with Crippen molar-refractivity contribution in [1.29, 1.82) is 0 Å². The molecule has 2 rings (SSSR count). The molecule has 0 amide bonds. The van der Waals surface area contributed by atoms with Crippen LogP contribution < -0.4 is 4.74 Å².